The molecule has 0 saturated heterocycles. The van der Waals surface area contributed by atoms with E-state index >= 15 is 0 Å². The van der Waals surface area contributed by atoms with E-state index in [2.05, 4.69) is 188 Å². The van der Waals surface area contributed by atoms with Crippen LogP contribution in [0.3, 0.4) is 0 Å². The number of fused-ring (bicyclic) bond motifs is 5. The van der Waals surface area contributed by atoms with Gasteiger partial charge in [-0.2, -0.15) is 0 Å². The van der Waals surface area contributed by atoms with Crippen molar-refractivity contribution < 1.29 is 0 Å². The van der Waals surface area contributed by atoms with Crippen LogP contribution in [0.4, 0.5) is 17.1 Å². The number of rotatable bonds is 5. The Kier molecular flexibility index (Phi) is 6.38. The predicted octanol–water partition coefficient (Wildman–Crippen LogP) is 11.9. The average molecular weight is 618 g/mol. The van der Waals surface area contributed by atoms with Crippen LogP contribution in [0.25, 0.3) is 50.0 Å². The predicted molar refractivity (Wildman–Crippen MR) is 201 cm³/mol. The van der Waals surface area contributed by atoms with Crippen LogP contribution in [-0.2, 0) is 5.41 Å². The fourth-order valence-electron chi connectivity index (χ4n) is 7.60. The van der Waals surface area contributed by atoms with Gasteiger partial charge in [-0.15, -0.1) is 0 Å². The Bertz CT molecular complexity index is 2500. The second-order valence-corrected chi connectivity index (χ2v) is 13.4. The lowest BCUT2D eigenvalue weighted by atomic mass is 9.82. The van der Waals surface area contributed by atoms with Gasteiger partial charge in [-0.1, -0.05) is 98.8 Å². The van der Waals surface area contributed by atoms with Crippen LogP contribution in [0.1, 0.15) is 30.5 Å². The highest BCUT2D eigenvalue weighted by molar-refractivity contribution is 5.91. The minimum Gasteiger partial charge on any atom is -0.310 e. The highest BCUT2D eigenvalue weighted by Gasteiger charge is 2.35. The molecule has 0 spiro atoms. The maximum absolute atomic E-state index is 5.14. The van der Waals surface area contributed by atoms with Crippen molar-refractivity contribution in [3.63, 3.8) is 0 Å². The van der Waals surface area contributed by atoms with E-state index in [0.29, 0.717) is 0 Å². The molecule has 0 amide bonds. The van der Waals surface area contributed by atoms with Crippen molar-refractivity contribution in [2.24, 2.45) is 0 Å². The van der Waals surface area contributed by atoms with Gasteiger partial charge < -0.3 is 4.90 Å². The molecule has 1 aromatic heterocycles. The number of benzene rings is 7. The molecule has 0 unspecified atom stereocenters. The zero-order valence-electron chi connectivity index (χ0n) is 27.4. The Labute approximate surface area is 281 Å². The highest BCUT2D eigenvalue weighted by atomic mass is 15.1. The van der Waals surface area contributed by atoms with Gasteiger partial charge in [-0.3, -0.25) is 4.57 Å². The average Bonchev–Trinajstić information content (AvgIpc) is 3.61. The molecule has 8 aromatic rings. The Morgan fingerprint density at radius 2 is 1.23 bits per heavy atom. The number of aromatic nitrogens is 2. The van der Waals surface area contributed by atoms with Crippen LogP contribution in [-0.4, -0.2) is 9.55 Å². The molecule has 0 aliphatic heterocycles. The molecule has 1 aliphatic rings. The zero-order valence-corrected chi connectivity index (χ0v) is 27.4. The maximum Gasteiger partial charge on any atom is 0.145 e. The van der Waals surface area contributed by atoms with Crippen LogP contribution >= 0.6 is 0 Å². The topological polar surface area (TPSA) is 21.1 Å². The number of hydrogen-bond acceptors (Lipinski definition) is 2. The van der Waals surface area contributed by atoms with E-state index in [4.69, 9.17) is 4.98 Å². The van der Waals surface area contributed by atoms with Crippen molar-refractivity contribution in [3.8, 4) is 28.2 Å². The fraction of sp³-hybridized carbons (Fsp3) is 0.0889. The van der Waals surface area contributed by atoms with Crippen LogP contribution in [0, 0.1) is 6.92 Å². The van der Waals surface area contributed by atoms with Gasteiger partial charge in [0.05, 0.1) is 11.0 Å². The zero-order chi connectivity index (χ0) is 32.4. The summed E-state index contributed by atoms with van der Waals surface area (Å²) in [6.07, 6.45) is 0. The summed E-state index contributed by atoms with van der Waals surface area (Å²) in [5.74, 6) is 0.933. The van der Waals surface area contributed by atoms with Gasteiger partial charge >= 0.3 is 0 Å². The van der Waals surface area contributed by atoms with Crippen LogP contribution in [0.2, 0.25) is 0 Å². The molecule has 3 heteroatoms. The fourth-order valence-corrected chi connectivity index (χ4v) is 7.60. The van der Waals surface area contributed by atoms with Crippen LogP contribution in [0.15, 0.2) is 158 Å². The lowest BCUT2D eigenvalue weighted by Crippen LogP contribution is -2.16. The number of aryl methyl sites for hydroxylation is 1. The lowest BCUT2D eigenvalue weighted by Gasteiger charge is -2.28. The number of para-hydroxylation sites is 2. The van der Waals surface area contributed by atoms with Crippen molar-refractivity contribution in [3.05, 3.63) is 174 Å². The monoisotopic (exact) mass is 617 g/mol. The van der Waals surface area contributed by atoms with Gasteiger partial charge in [-0.05, 0) is 118 Å². The van der Waals surface area contributed by atoms with Gasteiger partial charge in [0.25, 0.3) is 0 Å². The molecule has 3 nitrogen and oxygen atoms in total. The molecule has 7 aromatic carbocycles. The number of imidazole rings is 1. The second-order valence-electron chi connectivity index (χ2n) is 13.4. The van der Waals surface area contributed by atoms with E-state index in [-0.39, 0.29) is 5.41 Å². The normalized spacial score (nSPS) is 13.1. The van der Waals surface area contributed by atoms with Crippen molar-refractivity contribution in [2.75, 3.05) is 4.90 Å². The molecule has 48 heavy (non-hydrogen) atoms. The molecule has 1 aliphatic carbocycles. The largest absolute Gasteiger partial charge is 0.310 e. The summed E-state index contributed by atoms with van der Waals surface area (Å²) in [6, 6.07) is 57.1. The Hall–Kier alpha value is -5.93. The molecule has 0 fully saturated rings. The number of hydrogen-bond donors (Lipinski definition) is 0. The molecule has 0 N–H and O–H groups in total. The number of nitrogens with zero attached hydrogens (tertiary/aromatic N) is 3. The first kappa shape index (κ1) is 28.3. The van der Waals surface area contributed by atoms with Crippen LogP contribution < -0.4 is 4.90 Å². The molecule has 0 saturated carbocycles. The van der Waals surface area contributed by atoms with E-state index in [1.54, 1.807) is 0 Å². The Morgan fingerprint density at radius 3 is 2.08 bits per heavy atom. The SMILES string of the molecule is Cc1cccc(-n2c(-c3ccc(N(c4ccc5c(c4)C(C)(C)c4ccccc4-5)c4ccc5ccccc5c4)cc3)nc3ccccc32)c1. The third-order valence-corrected chi connectivity index (χ3v) is 10.0. The maximum atomic E-state index is 5.14. The number of anilines is 3. The van der Waals surface area contributed by atoms with Gasteiger partial charge in [0.15, 0.2) is 0 Å². The van der Waals surface area contributed by atoms with Crippen LogP contribution in [0.5, 0.6) is 0 Å². The highest BCUT2D eigenvalue weighted by Crippen LogP contribution is 2.50. The first-order valence-corrected chi connectivity index (χ1v) is 16.6. The summed E-state index contributed by atoms with van der Waals surface area (Å²) in [5, 5.41) is 2.45. The van der Waals surface area contributed by atoms with Crippen molar-refractivity contribution >= 4 is 38.9 Å². The first-order valence-electron chi connectivity index (χ1n) is 16.6. The molecule has 0 atom stereocenters. The third kappa shape index (κ3) is 4.46. The summed E-state index contributed by atoms with van der Waals surface area (Å²) in [7, 11) is 0. The van der Waals surface area contributed by atoms with Gasteiger partial charge in [0.1, 0.15) is 5.82 Å². The Balaban J connectivity index is 1.20. The first-order chi connectivity index (χ1) is 23.5. The minimum absolute atomic E-state index is 0.0876. The van der Waals surface area contributed by atoms with Crippen molar-refractivity contribution in [2.45, 2.75) is 26.2 Å². The smallest absolute Gasteiger partial charge is 0.145 e. The standard InChI is InChI=1S/C45H35N3/c1-30-11-10-14-35(27-30)48-43-18-9-8-17-42(43)46-44(48)32-20-22-34(23-21-32)47(36-24-19-31-12-4-5-13-33(31)28-36)37-25-26-39-38-15-6-7-16-40(38)45(2,3)41(39)29-37/h4-29H,1-3H3. The minimum atomic E-state index is -0.0876. The van der Waals surface area contributed by atoms with Gasteiger partial charge in [0, 0.05) is 33.7 Å². The second kappa shape index (κ2) is 10.8. The Morgan fingerprint density at radius 1 is 0.542 bits per heavy atom. The van der Waals surface area contributed by atoms with E-state index in [9.17, 15) is 0 Å². The van der Waals surface area contributed by atoms with E-state index < -0.39 is 0 Å². The molecule has 0 radical (unpaired) electrons. The van der Waals surface area contributed by atoms with E-state index in [1.165, 1.54) is 38.6 Å². The van der Waals surface area contributed by atoms with E-state index in [1.807, 2.05) is 0 Å². The van der Waals surface area contributed by atoms with Crippen molar-refractivity contribution in [1.82, 2.24) is 9.55 Å². The summed E-state index contributed by atoms with van der Waals surface area (Å²) < 4.78 is 2.28. The van der Waals surface area contributed by atoms with Gasteiger partial charge in [0.2, 0.25) is 0 Å². The summed E-state index contributed by atoms with van der Waals surface area (Å²) in [4.78, 5) is 7.53. The van der Waals surface area contributed by atoms with Crippen molar-refractivity contribution in [1.29, 1.82) is 0 Å². The molecule has 0 bridgehead atoms. The summed E-state index contributed by atoms with van der Waals surface area (Å²) >= 11 is 0. The molecule has 9 rings (SSSR count). The van der Waals surface area contributed by atoms with Gasteiger partial charge in [-0.25, -0.2) is 4.98 Å². The quantitative estimate of drug-likeness (QED) is 0.192. The summed E-state index contributed by atoms with van der Waals surface area (Å²) in [5.41, 5.74) is 14.2. The van der Waals surface area contributed by atoms with E-state index in [0.717, 1.165) is 45.2 Å². The molecular formula is C45H35N3. The third-order valence-electron chi connectivity index (χ3n) is 10.0. The molecule has 230 valence electrons. The molecular weight excluding hydrogens is 583 g/mol. The lowest BCUT2D eigenvalue weighted by molar-refractivity contribution is 0.660. The summed E-state index contributed by atoms with van der Waals surface area (Å²) in [6.45, 7) is 6.82. The molecule has 1 heterocycles.